The van der Waals surface area contributed by atoms with Gasteiger partial charge in [-0.2, -0.15) is 0 Å². The fraction of sp³-hybridized carbons (Fsp3) is 0.923. The number of esters is 1. The third kappa shape index (κ3) is 3.78. The Bertz CT molecular complexity index is 222. The normalized spacial score (nSPS) is 20.7. The van der Waals surface area contributed by atoms with Crippen molar-refractivity contribution in [2.75, 3.05) is 13.2 Å². The van der Waals surface area contributed by atoms with Gasteiger partial charge in [-0.25, -0.2) is 0 Å². The molecule has 0 spiro atoms. The summed E-state index contributed by atoms with van der Waals surface area (Å²) in [6.45, 7) is 7.58. The van der Waals surface area contributed by atoms with Gasteiger partial charge in [0.25, 0.3) is 0 Å². The molecule has 0 aromatic rings. The van der Waals surface area contributed by atoms with Crippen molar-refractivity contribution in [2.24, 2.45) is 5.41 Å². The molecule has 0 amide bonds. The van der Waals surface area contributed by atoms with Crippen LogP contribution in [0, 0.1) is 5.41 Å². The fourth-order valence-electron chi connectivity index (χ4n) is 2.41. The molecule has 0 radical (unpaired) electrons. The summed E-state index contributed by atoms with van der Waals surface area (Å²) in [6.07, 6.45) is 6.01. The second-order valence-corrected chi connectivity index (χ2v) is 5.11. The van der Waals surface area contributed by atoms with E-state index in [4.69, 9.17) is 4.74 Å². The van der Waals surface area contributed by atoms with Crippen molar-refractivity contribution in [1.29, 1.82) is 0 Å². The first-order valence-electron chi connectivity index (χ1n) is 6.51. The minimum Gasteiger partial charge on any atom is -0.465 e. The molecule has 1 rings (SSSR count). The zero-order chi connectivity index (χ0) is 12.0. The van der Waals surface area contributed by atoms with Gasteiger partial charge >= 0.3 is 5.97 Å². The highest BCUT2D eigenvalue weighted by Crippen LogP contribution is 2.36. The molecule has 3 nitrogen and oxygen atoms in total. The van der Waals surface area contributed by atoms with Crippen molar-refractivity contribution < 1.29 is 9.53 Å². The quantitative estimate of drug-likeness (QED) is 0.709. The molecule has 0 aliphatic heterocycles. The Morgan fingerprint density at radius 2 is 2.00 bits per heavy atom. The lowest BCUT2D eigenvalue weighted by atomic mass is 9.88. The summed E-state index contributed by atoms with van der Waals surface area (Å²) in [4.78, 5) is 11.6. The predicted molar refractivity (Wildman–Crippen MR) is 65.3 cm³/mol. The van der Waals surface area contributed by atoms with E-state index in [1.807, 2.05) is 13.8 Å². The number of ether oxygens (including phenoxy) is 1. The SMILES string of the molecule is CCOC(=O)C(CC)NCC1(C)CCCC1. The van der Waals surface area contributed by atoms with Crippen molar-refractivity contribution in [2.45, 2.75) is 58.9 Å². The highest BCUT2D eigenvalue weighted by Gasteiger charge is 2.30. The molecular weight excluding hydrogens is 202 g/mol. The summed E-state index contributed by atoms with van der Waals surface area (Å²) in [5, 5.41) is 3.36. The predicted octanol–water partition coefficient (Wildman–Crippen LogP) is 2.50. The molecule has 0 aromatic carbocycles. The van der Waals surface area contributed by atoms with Crippen LogP contribution in [0.25, 0.3) is 0 Å². The lowest BCUT2D eigenvalue weighted by molar-refractivity contribution is -0.145. The number of hydrogen-bond acceptors (Lipinski definition) is 3. The van der Waals surface area contributed by atoms with Gasteiger partial charge in [-0.15, -0.1) is 0 Å². The Morgan fingerprint density at radius 3 is 2.50 bits per heavy atom. The molecule has 0 saturated heterocycles. The van der Waals surface area contributed by atoms with Crippen LogP contribution in [0.4, 0.5) is 0 Å². The number of nitrogens with one attached hydrogen (secondary N) is 1. The topological polar surface area (TPSA) is 38.3 Å². The van der Waals surface area contributed by atoms with Crippen LogP contribution >= 0.6 is 0 Å². The van der Waals surface area contributed by atoms with Crippen molar-refractivity contribution >= 4 is 5.97 Å². The Balaban J connectivity index is 2.35. The van der Waals surface area contributed by atoms with Gasteiger partial charge in [-0.05, 0) is 31.6 Å². The zero-order valence-corrected chi connectivity index (χ0v) is 10.8. The molecule has 1 fully saturated rings. The third-order valence-electron chi connectivity index (χ3n) is 3.57. The molecule has 1 unspecified atom stereocenters. The van der Waals surface area contributed by atoms with E-state index in [1.54, 1.807) is 0 Å². The molecule has 1 atom stereocenters. The minimum absolute atomic E-state index is 0.105. The lowest BCUT2D eigenvalue weighted by Gasteiger charge is -2.26. The van der Waals surface area contributed by atoms with Crippen LogP contribution in [0.15, 0.2) is 0 Å². The van der Waals surface area contributed by atoms with Crippen molar-refractivity contribution in [3.05, 3.63) is 0 Å². The molecule has 3 heteroatoms. The average Bonchev–Trinajstić information content (AvgIpc) is 2.67. The fourth-order valence-corrected chi connectivity index (χ4v) is 2.41. The van der Waals surface area contributed by atoms with Gasteiger partial charge in [0.15, 0.2) is 0 Å². The van der Waals surface area contributed by atoms with Crippen LogP contribution in [-0.2, 0) is 9.53 Å². The number of hydrogen-bond donors (Lipinski definition) is 1. The largest absolute Gasteiger partial charge is 0.465 e. The average molecular weight is 227 g/mol. The summed E-state index contributed by atoms with van der Waals surface area (Å²) in [5.74, 6) is -0.105. The zero-order valence-electron chi connectivity index (χ0n) is 10.8. The van der Waals surface area contributed by atoms with Gasteiger partial charge in [0.05, 0.1) is 6.61 Å². The third-order valence-corrected chi connectivity index (χ3v) is 3.57. The maximum atomic E-state index is 11.6. The molecule has 0 heterocycles. The van der Waals surface area contributed by atoms with Crippen molar-refractivity contribution in [3.8, 4) is 0 Å². The van der Waals surface area contributed by atoms with E-state index in [1.165, 1.54) is 25.7 Å². The summed E-state index contributed by atoms with van der Waals surface area (Å²) in [5.41, 5.74) is 0.389. The number of carbonyl (C=O) groups excluding carboxylic acids is 1. The second-order valence-electron chi connectivity index (χ2n) is 5.11. The highest BCUT2D eigenvalue weighted by molar-refractivity contribution is 5.75. The summed E-state index contributed by atoms with van der Waals surface area (Å²) >= 11 is 0. The number of rotatable bonds is 6. The maximum absolute atomic E-state index is 11.6. The Kier molecular flexibility index (Phi) is 5.26. The molecular formula is C13H25NO2. The summed E-state index contributed by atoms with van der Waals surface area (Å²) < 4.78 is 5.04. The minimum atomic E-state index is -0.127. The molecule has 16 heavy (non-hydrogen) atoms. The highest BCUT2D eigenvalue weighted by atomic mass is 16.5. The van der Waals surface area contributed by atoms with Crippen molar-refractivity contribution in [3.63, 3.8) is 0 Å². The molecule has 0 bridgehead atoms. The second kappa shape index (κ2) is 6.24. The first kappa shape index (κ1) is 13.5. The maximum Gasteiger partial charge on any atom is 0.323 e. The van der Waals surface area contributed by atoms with E-state index in [-0.39, 0.29) is 12.0 Å². The van der Waals surface area contributed by atoms with Crippen LogP contribution in [0.1, 0.15) is 52.9 Å². The molecule has 1 N–H and O–H groups in total. The molecule has 1 aliphatic rings. The molecule has 1 aliphatic carbocycles. The Morgan fingerprint density at radius 1 is 1.38 bits per heavy atom. The van der Waals surface area contributed by atoms with E-state index in [0.29, 0.717) is 12.0 Å². The molecule has 94 valence electrons. The first-order valence-corrected chi connectivity index (χ1v) is 6.51. The van der Waals surface area contributed by atoms with Gasteiger partial charge in [0.2, 0.25) is 0 Å². The number of carbonyl (C=O) groups is 1. The van der Waals surface area contributed by atoms with Gasteiger partial charge in [-0.3, -0.25) is 4.79 Å². The van der Waals surface area contributed by atoms with Crippen LogP contribution in [0.2, 0.25) is 0 Å². The van der Waals surface area contributed by atoms with Gasteiger partial charge in [-0.1, -0.05) is 26.7 Å². The monoisotopic (exact) mass is 227 g/mol. The summed E-state index contributed by atoms with van der Waals surface area (Å²) in [6, 6.07) is -0.127. The van der Waals surface area contributed by atoms with Gasteiger partial charge in [0.1, 0.15) is 6.04 Å². The van der Waals surface area contributed by atoms with E-state index < -0.39 is 0 Å². The van der Waals surface area contributed by atoms with Gasteiger partial charge in [0, 0.05) is 6.54 Å². The smallest absolute Gasteiger partial charge is 0.323 e. The standard InChI is InChI=1S/C13H25NO2/c1-4-11(12(15)16-5-2)14-10-13(3)8-6-7-9-13/h11,14H,4-10H2,1-3H3. The van der Waals surface area contributed by atoms with E-state index in [9.17, 15) is 4.79 Å². The van der Waals surface area contributed by atoms with E-state index in [0.717, 1.165) is 13.0 Å². The van der Waals surface area contributed by atoms with Crippen molar-refractivity contribution in [1.82, 2.24) is 5.32 Å². The molecule has 1 saturated carbocycles. The molecule has 0 aromatic heterocycles. The summed E-state index contributed by atoms with van der Waals surface area (Å²) in [7, 11) is 0. The van der Waals surface area contributed by atoms with Gasteiger partial charge < -0.3 is 10.1 Å². The van der Waals surface area contributed by atoms with E-state index in [2.05, 4.69) is 12.2 Å². The first-order chi connectivity index (χ1) is 7.61. The van der Waals surface area contributed by atoms with Crippen LogP contribution in [0.5, 0.6) is 0 Å². The van der Waals surface area contributed by atoms with Crippen LogP contribution in [0.3, 0.4) is 0 Å². The lowest BCUT2D eigenvalue weighted by Crippen LogP contribution is -2.42. The van der Waals surface area contributed by atoms with E-state index >= 15 is 0 Å². The Hall–Kier alpha value is -0.570. The van der Waals surface area contributed by atoms with Crippen LogP contribution < -0.4 is 5.32 Å². The van der Waals surface area contributed by atoms with Crippen LogP contribution in [-0.4, -0.2) is 25.2 Å². The Labute approximate surface area is 98.9 Å².